The molecule has 1 aromatic heterocycles. The number of anilines is 1. The van der Waals surface area contributed by atoms with Crippen LogP contribution in [0.15, 0.2) is 24.3 Å². The maximum absolute atomic E-state index is 12.1. The predicted octanol–water partition coefficient (Wildman–Crippen LogP) is 4.41. The van der Waals surface area contributed by atoms with Crippen LogP contribution in [0.4, 0.5) is 18.2 Å². The number of benzene rings is 1. The van der Waals surface area contributed by atoms with E-state index in [1.807, 2.05) is 13.8 Å². The second kappa shape index (κ2) is 5.32. The minimum absolute atomic E-state index is 0.254. The van der Waals surface area contributed by atoms with Gasteiger partial charge in [0.15, 0.2) is 0 Å². The summed E-state index contributed by atoms with van der Waals surface area (Å²) in [5.74, 6) is -0.0111. The van der Waals surface area contributed by atoms with Crippen molar-refractivity contribution >= 4 is 16.3 Å². The maximum atomic E-state index is 12.1. The van der Waals surface area contributed by atoms with Crippen molar-refractivity contribution < 1.29 is 17.9 Å². The predicted molar refractivity (Wildman–Crippen MR) is 72.7 cm³/mol. The molecular weight excluding hydrogens is 289 g/mol. The Morgan fingerprint density at radius 2 is 1.80 bits per heavy atom. The fourth-order valence-corrected chi connectivity index (χ4v) is 2.48. The number of nitrogens with two attached hydrogens (primary N) is 1. The number of hydrogen-bond acceptors (Lipinski definition) is 4. The molecule has 0 amide bonds. The Kier molecular flexibility index (Phi) is 3.89. The number of ether oxygens (including phenoxy) is 1. The smallest absolute Gasteiger partial charge is 0.406 e. The van der Waals surface area contributed by atoms with Crippen molar-refractivity contribution in [2.24, 2.45) is 0 Å². The van der Waals surface area contributed by atoms with Gasteiger partial charge in [0, 0.05) is 11.5 Å². The number of thiazole rings is 1. The van der Waals surface area contributed by atoms with E-state index in [1.54, 1.807) is 0 Å². The van der Waals surface area contributed by atoms with Crippen molar-refractivity contribution in [1.29, 1.82) is 0 Å². The third-order valence-electron chi connectivity index (χ3n) is 2.53. The molecule has 2 aromatic rings. The Hall–Kier alpha value is -1.76. The van der Waals surface area contributed by atoms with Crippen LogP contribution in [0.3, 0.4) is 0 Å². The van der Waals surface area contributed by atoms with Crippen molar-refractivity contribution in [2.75, 3.05) is 5.73 Å². The molecule has 0 fully saturated rings. The Morgan fingerprint density at radius 1 is 1.20 bits per heavy atom. The summed E-state index contributed by atoms with van der Waals surface area (Å²) < 4.78 is 40.0. The lowest BCUT2D eigenvalue weighted by atomic mass is 10.1. The summed E-state index contributed by atoms with van der Waals surface area (Å²) in [7, 11) is 0. The summed E-state index contributed by atoms with van der Waals surface area (Å²) in [5.41, 5.74) is 7.16. The third kappa shape index (κ3) is 3.41. The number of nitrogen functional groups attached to an aromatic ring is 1. The average Bonchev–Trinajstić information content (AvgIpc) is 2.70. The summed E-state index contributed by atoms with van der Waals surface area (Å²) in [5, 5.41) is 1.45. The van der Waals surface area contributed by atoms with Gasteiger partial charge in [0.05, 0.1) is 5.01 Å². The fraction of sp³-hybridized carbons (Fsp3) is 0.308. The molecule has 0 saturated carbocycles. The van der Waals surface area contributed by atoms with Crippen LogP contribution in [0.1, 0.15) is 24.8 Å². The summed E-state index contributed by atoms with van der Waals surface area (Å²) in [6.07, 6.45) is -4.69. The number of nitrogens with zero attached hydrogens (tertiary/aromatic N) is 1. The molecule has 7 heteroatoms. The monoisotopic (exact) mass is 302 g/mol. The van der Waals surface area contributed by atoms with Crippen LogP contribution in [0, 0.1) is 0 Å². The average molecular weight is 302 g/mol. The molecule has 0 bridgehead atoms. The van der Waals surface area contributed by atoms with Gasteiger partial charge in [-0.05, 0) is 24.3 Å². The standard InChI is InChI=1S/C13H13F3N2OS/c1-7(2)12-18-10(11(17)20-12)8-3-5-9(6-4-8)19-13(14,15)16/h3-7H,17H2,1-2H3. The Labute approximate surface area is 118 Å². The van der Waals surface area contributed by atoms with Gasteiger partial charge in [-0.15, -0.1) is 24.5 Å². The van der Waals surface area contributed by atoms with Crippen LogP contribution in [-0.4, -0.2) is 11.3 Å². The Morgan fingerprint density at radius 3 is 2.25 bits per heavy atom. The van der Waals surface area contributed by atoms with Gasteiger partial charge in [-0.25, -0.2) is 4.98 Å². The highest BCUT2D eigenvalue weighted by Gasteiger charge is 2.31. The maximum Gasteiger partial charge on any atom is 0.573 e. The van der Waals surface area contributed by atoms with Crippen LogP contribution in [0.25, 0.3) is 11.3 Å². The zero-order chi connectivity index (χ0) is 14.9. The molecular formula is C13H13F3N2OS. The normalized spacial score (nSPS) is 11.9. The first-order chi connectivity index (χ1) is 9.26. The van der Waals surface area contributed by atoms with Crippen molar-refractivity contribution in [3.63, 3.8) is 0 Å². The zero-order valence-corrected chi connectivity index (χ0v) is 11.7. The molecule has 0 aliphatic carbocycles. The highest BCUT2D eigenvalue weighted by molar-refractivity contribution is 7.16. The number of rotatable bonds is 3. The van der Waals surface area contributed by atoms with Crippen molar-refractivity contribution in [1.82, 2.24) is 4.98 Å². The molecule has 108 valence electrons. The molecule has 1 heterocycles. The lowest BCUT2D eigenvalue weighted by Gasteiger charge is -2.08. The molecule has 0 saturated heterocycles. The molecule has 1 aromatic carbocycles. The van der Waals surface area contributed by atoms with Crippen molar-refractivity contribution in [2.45, 2.75) is 26.1 Å². The van der Waals surface area contributed by atoms with E-state index in [4.69, 9.17) is 5.73 Å². The summed E-state index contributed by atoms with van der Waals surface area (Å²) in [4.78, 5) is 4.41. The van der Waals surface area contributed by atoms with Gasteiger partial charge < -0.3 is 10.5 Å². The van der Waals surface area contributed by atoms with E-state index in [9.17, 15) is 13.2 Å². The van der Waals surface area contributed by atoms with Gasteiger partial charge >= 0.3 is 6.36 Å². The molecule has 0 aliphatic heterocycles. The SMILES string of the molecule is CC(C)c1nc(-c2ccc(OC(F)(F)F)cc2)c(N)s1. The van der Waals surface area contributed by atoms with Crippen LogP contribution in [0.5, 0.6) is 5.75 Å². The minimum atomic E-state index is -4.69. The number of aromatic nitrogens is 1. The molecule has 20 heavy (non-hydrogen) atoms. The Balaban J connectivity index is 2.26. The lowest BCUT2D eigenvalue weighted by Crippen LogP contribution is -2.16. The number of hydrogen-bond donors (Lipinski definition) is 1. The first-order valence-electron chi connectivity index (χ1n) is 5.88. The van der Waals surface area contributed by atoms with E-state index in [-0.39, 0.29) is 11.7 Å². The van der Waals surface area contributed by atoms with Crippen LogP contribution >= 0.6 is 11.3 Å². The van der Waals surface area contributed by atoms with Gasteiger partial charge in [-0.2, -0.15) is 0 Å². The number of halogens is 3. The number of alkyl halides is 3. The van der Waals surface area contributed by atoms with E-state index in [2.05, 4.69) is 9.72 Å². The fourth-order valence-electron chi connectivity index (χ4n) is 1.62. The van der Waals surface area contributed by atoms with E-state index >= 15 is 0 Å². The molecule has 2 rings (SSSR count). The molecule has 2 N–H and O–H groups in total. The van der Waals surface area contributed by atoms with Gasteiger partial charge in [-0.3, -0.25) is 0 Å². The molecule has 0 radical (unpaired) electrons. The van der Waals surface area contributed by atoms with Gasteiger partial charge in [0.25, 0.3) is 0 Å². The minimum Gasteiger partial charge on any atom is -0.406 e. The molecule has 0 unspecified atom stereocenters. The summed E-state index contributed by atoms with van der Waals surface area (Å²) in [6, 6.07) is 5.51. The van der Waals surface area contributed by atoms with Crippen molar-refractivity contribution in [3.8, 4) is 17.0 Å². The summed E-state index contributed by atoms with van der Waals surface area (Å²) in [6.45, 7) is 4.00. The zero-order valence-electron chi connectivity index (χ0n) is 10.9. The largest absolute Gasteiger partial charge is 0.573 e. The van der Waals surface area contributed by atoms with Gasteiger partial charge in [0.1, 0.15) is 16.4 Å². The third-order valence-corrected chi connectivity index (χ3v) is 3.71. The van der Waals surface area contributed by atoms with Crippen LogP contribution in [-0.2, 0) is 0 Å². The topological polar surface area (TPSA) is 48.1 Å². The molecule has 3 nitrogen and oxygen atoms in total. The molecule has 0 atom stereocenters. The van der Waals surface area contributed by atoms with Gasteiger partial charge in [0.2, 0.25) is 0 Å². The van der Waals surface area contributed by atoms with E-state index in [1.165, 1.54) is 35.6 Å². The highest BCUT2D eigenvalue weighted by Crippen LogP contribution is 2.34. The van der Waals surface area contributed by atoms with Gasteiger partial charge in [-0.1, -0.05) is 13.8 Å². The molecule has 0 aliphatic rings. The van der Waals surface area contributed by atoms with Crippen LogP contribution < -0.4 is 10.5 Å². The first-order valence-corrected chi connectivity index (χ1v) is 6.70. The second-order valence-electron chi connectivity index (χ2n) is 4.49. The highest BCUT2D eigenvalue weighted by atomic mass is 32.1. The Bertz CT molecular complexity index is 591. The van der Waals surface area contributed by atoms with Crippen LogP contribution in [0.2, 0.25) is 0 Å². The lowest BCUT2D eigenvalue weighted by molar-refractivity contribution is -0.274. The second-order valence-corrected chi connectivity index (χ2v) is 5.55. The molecule has 0 spiro atoms. The van der Waals surface area contributed by atoms with E-state index in [0.717, 1.165) is 5.01 Å². The first kappa shape index (κ1) is 14.6. The van der Waals surface area contributed by atoms with E-state index < -0.39 is 6.36 Å². The van der Waals surface area contributed by atoms with Crippen molar-refractivity contribution in [3.05, 3.63) is 29.3 Å². The van der Waals surface area contributed by atoms with E-state index in [0.29, 0.717) is 16.3 Å². The summed E-state index contributed by atoms with van der Waals surface area (Å²) >= 11 is 1.39. The quantitative estimate of drug-likeness (QED) is 0.913.